The number of hydrogen-bond acceptors (Lipinski definition) is 2. The summed E-state index contributed by atoms with van der Waals surface area (Å²) >= 11 is 0. The molecule has 19 heavy (non-hydrogen) atoms. The Morgan fingerprint density at radius 1 is 1.42 bits per heavy atom. The van der Waals surface area contributed by atoms with Gasteiger partial charge in [-0.15, -0.1) is 0 Å². The van der Waals surface area contributed by atoms with Crippen molar-refractivity contribution >= 4 is 17.3 Å². The molecule has 0 radical (unpaired) electrons. The summed E-state index contributed by atoms with van der Waals surface area (Å²) < 4.78 is 0. The second-order valence-corrected chi connectivity index (χ2v) is 5.65. The van der Waals surface area contributed by atoms with Crippen LogP contribution in [0.2, 0.25) is 0 Å². The molecule has 0 spiro atoms. The number of amides is 1. The predicted octanol–water partition coefficient (Wildman–Crippen LogP) is 3.44. The Kier molecular flexibility index (Phi) is 4.46. The molecule has 3 heteroatoms. The minimum atomic E-state index is 0.120. The summed E-state index contributed by atoms with van der Waals surface area (Å²) in [5, 5.41) is 3.01. The molecule has 1 N–H and O–H groups in total. The van der Waals surface area contributed by atoms with E-state index in [2.05, 4.69) is 43.1 Å². The fourth-order valence-corrected chi connectivity index (χ4v) is 2.49. The molecule has 0 aromatic heterocycles. The van der Waals surface area contributed by atoms with Crippen LogP contribution in [0.3, 0.4) is 0 Å². The van der Waals surface area contributed by atoms with Crippen LogP contribution in [0.1, 0.15) is 39.2 Å². The Balaban J connectivity index is 2.00. The maximum Gasteiger partial charge on any atom is 0.224 e. The molecule has 0 unspecified atom stereocenters. The number of carbonyl (C=O) groups excluding carboxylic acids is 1. The molecule has 1 aromatic rings. The number of fused-ring (bicyclic) bond motifs is 1. The number of benzene rings is 1. The second-order valence-electron chi connectivity index (χ2n) is 5.65. The Morgan fingerprint density at radius 3 is 2.89 bits per heavy atom. The Morgan fingerprint density at radius 2 is 2.21 bits per heavy atom. The van der Waals surface area contributed by atoms with Gasteiger partial charge in [0.15, 0.2) is 0 Å². The molecular formula is C16H24N2O. The molecule has 1 aromatic carbocycles. The van der Waals surface area contributed by atoms with Crippen molar-refractivity contribution in [3.8, 4) is 0 Å². The highest BCUT2D eigenvalue weighted by Crippen LogP contribution is 2.30. The smallest absolute Gasteiger partial charge is 0.224 e. The van der Waals surface area contributed by atoms with Crippen molar-refractivity contribution in [2.45, 2.75) is 40.0 Å². The van der Waals surface area contributed by atoms with Gasteiger partial charge in [0.05, 0.1) is 0 Å². The van der Waals surface area contributed by atoms with Gasteiger partial charge in [0.25, 0.3) is 0 Å². The largest absolute Gasteiger partial charge is 0.371 e. The summed E-state index contributed by atoms with van der Waals surface area (Å²) in [5.74, 6) is 0.691. The molecule has 3 nitrogen and oxygen atoms in total. The van der Waals surface area contributed by atoms with Gasteiger partial charge in [-0.25, -0.2) is 0 Å². The Hall–Kier alpha value is -1.51. The highest BCUT2D eigenvalue weighted by molar-refractivity contribution is 5.91. The molecule has 0 aliphatic carbocycles. The van der Waals surface area contributed by atoms with Gasteiger partial charge < -0.3 is 10.2 Å². The predicted molar refractivity (Wildman–Crippen MR) is 80.7 cm³/mol. The van der Waals surface area contributed by atoms with E-state index in [4.69, 9.17) is 0 Å². The van der Waals surface area contributed by atoms with Crippen LogP contribution in [0.25, 0.3) is 0 Å². The molecule has 1 heterocycles. The topological polar surface area (TPSA) is 32.3 Å². The zero-order chi connectivity index (χ0) is 13.8. The van der Waals surface area contributed by atoms with E-state index in [1.807, 2.05) is 6.07 Å². The monoisotopic (exact) mass is 260 g/mol. The Labute approximate surface area is 116 Å². The SMILES string of the molecule is CCN1CCc2ccc(NC(=O)CCC(C)C)cc21. The van der Waals surface area contributed by atoms with E-state index in [-0.39, 0.29) is 5.91 Å². The molecule has 1 amide bonds. The number of nitrogens with one attached hydrogen (secondary N) is 1. The van der Waals surface area contributed by atoms with Crippen LogP contribution < -0.4 is 10.2 Å². The molecule has 1 aliphatic heterocycles. The number of hydrogen-bond donors (Lipinski definition) is 1. The fraction of sp³-hybridized carbons (Fsp3) is 0.562. The van der Waals surface area contributed by atoms with Crippen molar-refractivity contribution in [1.29, 1.82) is 0 Å². The van der Waals surface area contributed by atoms with E-state index in [9.17, 15) is 4.79 Å². The summed E-state index contributed by atoms with van der Waals surface area (Å²) in [6.07, 6.45) is 2.66. The minimum absolute atomic E-state index is 0.120. The first-order valence-corrected chi connectivity index (χ1v) is 7.28. The third-order valence-corrected chi connectivity index (χ3v) is 3.69. The van der Waals surface area contributed by atoms with E-state index < -0.39 is 0 Å². The quantitative estimate of drug-likeness (QED) is 0.879. The van der Waals surface area contributed by atoms with Crippen molar-refractivity contribution < 1.29 is 4.79 Å². The lowest BCUT2D eigenvalue weighted by atomic mass is 10.1. The molecule has 0 saturated carbocycles. The van der Waals surface area contributed by atoms with Crippen LogP contribution in [0.4, 0.5) is 11.4 Å². The van der Waals surface area contributed by atoms with Crippen molar-refractivity contribution in [1.82, 2.24) is 0 Å². The van der Waals surface area contributed by atoms with E-state index in [0.717, 1.165) is 31.6 Å². The highest BCUT2D eigenvalue weighted by atomic mass is 16.1. The average molecular weight is 260 g/mol. The van der Waals surface area contributed by atoms with Crippen LogP contribution in [-0.4, -0.2) is 19.0 Å². The summed E-state index contributed by atoms with van der Waals surface area (Å²) in [6.45, 7) is 8.57. The van der Waals surface area contributed by atoms with Crippen molar-refractivity contribution in [2.24, 2.45) is 5.92 Å². The van der Waals surface area contributed by atoms with Gasteiger partial charge in [0, 0.05) is 30.9 Å². The van der Waals surface area contributed by atoms with Gasteiger partial charge in [-0.3, -0.25) is 4.79 Å². The first-order chi connectivity index (χ1) is 9.10. The number of nitrogens with zero attached hydrogens (tertiary/aromatic N) is 1. The van der Waals surface area contributed by atoms with E-state index >= 15 is 0 Å². The van der Waals surface area contributed by atoms with Gasteiger partial charge >= 0.3 is 0 Å². The lowest BCUT2D eigenvalue weighted by Crippen LogP contribution is -2.19. The number of anilines is 2. The van der Waals surface area contributed by atoms with Crippen molar-refractivity contribution in [3.63, 3.8) is 0 Å². The molecule has 1 aliphatic rings. The average Bonchev–Trinajstić information content (AvgIpc) is 2.78. The second kappa shape index (κ2) is 6.09. The molecular weight excluding hydrogens is 236 g/mol. The molecule has 2 rings (SSSR count). The van der Waals surface area contributed by atoms with Gasteiger partial charge in [0.1, 0.15) is 0 Å². The third-order valence-electron chi connectivity index (χ3n) is 3.69. The zero-order valence-electron chi connectivity index (χ0n) is 12.2. The molecule has 0 saturated heterocycles. The molecule has 104 valence electrons. The standard InChI is InChI=1S/C16H24N2O/c1-4-18-10-9-13-6-7-14(11-15(13)18)17-16(19)8-5-12(2)3/h6-7,11-12H,4-5,8-10H2,1-3H3,(H,17,19). The maximum absolute atomic E-state index is 11.8. The van der Waals surface area contributed by atoms with Gasteiger partial charge in [0.2, 0.25) is 5.91 Å². The van der Waals surface area contributed by atoms with E-state index in [1.54, 1.807) is 0 Å². The summed E-state index contributed by atoms with van der Waals surface area (Å²) in [7, 11) is 0. The zero-order valence-corrected chi connectivity index (χ0v) is 12.2. The minimum Gasteiger partial charge on any atom is -0.371 e. The normalized spacial score (nSPS) is 13.8. The van der Waals surface area contributed by atoms with E-state index in [0.29, 0.717) is 12.3 Å². The first-order valence-electron chi connectivity index (χ1n) is 7.28. The van der Waals surface area contributed by atoms with Gasteiger partial charge in [-0.05, 0) is 43.4 Å². The van der Waals surface area contributed by atoms with Gasteiger partial charge in [-0.1, -0.05) is 19.9 Å². The van der Waals surface area contributed by atoms with E-state index in [1.165, 1.54) is 11.3 Å². The summed E-state index contributed by atoms with van der Waals surface area (Å²) in [6, 6.07) is 6.27. The number of carbonyl (C=O) groups is 1. The van der Waals surface area contributed by atoms with Crippen LogP contribution in [0.15, 0.2) is 18.2 Å². The lowest BCUT2D eigenvalue weighted by Gasteiger charge is -2.17. The van der Waals surface area contributed by atoms with Crippen LogP contribution in [0, 0.1) is 5.92 Å². The molecule has 0 atom stereocenters. The first kappa shape index (κ1) is 13.9. The van der Waals surface area contributed by atoms with Crippen LogP contribution >= 0.6 is 0 Å². The van der Waals surface area contributed by atoms with Gasteiger partial charge in [-0.2, -0.15) is 0 Å². The fourth-order valence-electron chi connectivity index (χ4n) is 2.49. The van der Waals surface area contributed by atoms with Crippen LogP contribution in [0.5, 0.6) is 0 Å². The molecule has 0 bridgehead atoms. The van der Waals surface area contributed by atoms with Crippen molar-refractivity contribution in [3.05, 3.63) is 23.8 Å². The Bertz CT molecular complexity index is 454. The third kappa shape index (κ3) is 3.49. The maximum atomic E-state index is 11.8. The molecule has 0 fully saturated rings. The highest BCUT2D eigenvalue weighted by Gasteiger charge is 2.18. The summed E-state index contributed by atoms with van der Waals surface area (Å²) in [5.41, 5.74) is 3.60. The summed E-state index contributed by atoms with van der Waals surface area (Å²) in [4.78, 5) is 14.2. The van der Waals surface area contributed by atoms with Crippen LogP contribution in [-0.2, 0) is 11.2 Å². The number of likely N-dealkylation sites (N-methyl/N-ethyl adjacent to an activating group) is 1. The lowest BCUT2D eigenvalue weighted by molar-refractivity contribution is -0.116. The van der Waals surface area contributed by atoms with Crippen molar-refractivity contribution in [2.75, 3.05) is 23.3 Å². The number of rotatable bonds is 5.